The predicted molar refractivity (Wildman–Crippen MR) is 143 cm³/mol. The molecule has 4 aromatic rings. The molecule has 17 nitrogen and oxygen atoms in total. The third-order valence-corrected chi connectivity index (χ3v) is 9.78. The monoisotopic (exact) mass is 742 g/mol. The van der Waals surface area contributed by atoms with Crippen LogP contribution in [0.2, 0.25) is 0 Å². The predicted octanol–water partition coefficient (Wildman–Crippen LogP) is -7.89. The van der Waals surface area contributed by atoms with Gasteiger partial charge in [-0.2, -0.15) is 0 Å². The van der Waals surface area contributed by atoms with Crippen molar-refractivity contribution >= 4 is 62.6 Å². The fourth-order valence-electron chi connectivity index (χ4n) is 3.96. The normalized spacial score (nSPS) is 12.3. The number of azo groups is 1. The van der Waals surface area contributed by atoms with Crippen molar-refractivity contribution in [1.29, 1.82) is 0 Å². The van der Waals surface area contributed by atoms with Crippen LogP contribution in [0.25, 0.3) is 16.5 Å². The maximum absolute atomic E-state index is 13.1. The number of nitrogens with zero attached hydrogens (tertiary/aromatic N) is 3. The third kappa shape index (κ3) is 10.1. The summed E-state index contributed by atoms with van der Waals surface area (Å²) >= 11 is 0. The van der Waals surface area contributed by atoms with Gasteiger partial charge in [0.05, 0.1) is 38.4 Å². The molecule has 46 heavy (non-hydrogen) atoms. The summed E-state index contributed by atoms with van der Waals surface area (Å²) in [5.74, 6) is -0.816. The Morgan fingerprint density at radius 2 is 1.39 bits per heavy atom. The molecule has 4 rings (SSSR count). The topological polar surface area (TPSA) is 277 Å². The van der Waals surface area contributed by atoms with Gasteiger partial charge in [0.15, 0.2) is 15.5 Å². The molecule has 1 heterocycles. The zero-order valence-electron chi connectivity index (χ0n) is 24.4. The molecule has 1 aromatic heterocycles. The van der Waals surface area contributed by atoms with Crippen LogP contribution in [0.4, 0.5) is 11.4 Å². The minimum absolute atomic E-state index is 0. The minimum Gasteiger partial charge on any atom is -0.744 e. The number of fused-ring (bicyclic) bond motifs is 1. The van der Waals surface area contributed by atoms with Crippen molar-refractivity contribution in [2.75, 3.05) is 12.4 Å². The van der Waals surface area contributed by atoms with Gasteiger partial charge in [-0.3, -0.25) is 14.1 Å². The molecule has 1 N–H and O–H groups in total. The first-order chi connectivity index (χ1) is 19.8. The quantitative estimate of drug-likeness (QED) is 0.0685. The maximum Gasteiger partial charge on any atom is 1.00 e. The largest absolute Gasteiger partial charge is 1.00 e. The molecule has 0 radical (unpaired) electrons. The number of benzene rings is 3. The molecule has 3 aromatic carbocycles. The summed E-state index contributed by atoms with van der Waals surface area (Å²) in [6.45, 7) is 0.511. The van der Waals surface area contributed by atoms with Crippen molar-refractivity contribution in [3.8, 4) is 5.69 Å². The molecule has 0 atom stereocenters. The van der Waals surface area contributed by atoms with Crippen molar-refractivity contribution in [1.82, 2.24) is 9.78 Å². The van der Waals surface area contributed by atoms with Crippen LogP contribution in [0.15, 0.2) is 84.3 Å². The molecular weight excluding hydrogens is 725 g/mol. The molecule has 0 saturated heterocycles. The smallest absolute Gasteiger partial charge is 0.744 e. The van der Waals surface area contributed by atoms with Crippen LogP contribution in [-0.4, -0.2) is 69.5 Å². The second-order valence-electron chi connectivity index (χ2n) is 8.64. The molecule has 230 valence electrons. The van der Waals surface area contributed by atoms with Crippen molar-refractivity contribution in [2.45, 2.75) is 21.6 Å². The van der Waals surface area contributed by atoms with Gasteiger partial charge < -0.3 is 13.7 Å². The Morgan fingerprint density at radius 1 is 0.783 bits per heavy atom. The van der Waals surface area contributed by atoms with Gasteiger partial charge in [-0.05, 0) is 43.3 Å². The van der Waals surface area contributed by atoms with Gasteiger partial charge in [0.25, 0.3) is 5.56 Å². The first-order valence-corrected chi connectivity index (χ1v) is 17.2. The second-order valence-corrected chi connectivity index (χ2v) is 14.5. The van der Waals surface area contributed by atoms with Crippen LogP contribution in [-0.2, 0) is 44.7 Å². The molecule has 24 heteroatoms. The summed E-state index contributed by atoms with van der Waals surface area (Å²) in [6.07, 6.45) is 0. The van der Waals surface area contributed by atoms with E-state index in [1.807, 2.05) is 0 Å². The first-order valence-electron chi connectivity index (χ1n) is 11.4. The maximum atomic E-state index is 13.1. The van der Waals surface area contributed by atoms with Crippen LogP contribution >= 0.6 is 0 Å². The SMILES string of the molecule is Cc1[nH]n(-c2ccc(S(=O)(=O)CCOS(=O)(=O)[O-])cc2)c(=O)c1N=Nc1ccc2c(S(=O)(=O)[O-])cccc2c1S(=O)(=O)[O-].[Na+].[Na+].[Na+]. The van der Waals surface area contributed by atoms with Gasteiger partial charge in [-0.15, -0.1) is 10.2 Å². The first kappa shape index (κ1) is 43.2. The number of hydrogen-bond acceptors (Lipinski definition) is 15. The molecule has 0 aliphatic heterocycles. The molecule has 0 amide bonds. The number of nitrogens with one attached hydrogen (secondary N) is 1. The van der Waals surface area contributed by atoms with E-state index in [-0.39, 0.29) is 116 Å². The van der Waals surface area contributed by atoms with Gasteiger partial charge in [0.1, 0.15) is 25.9 Å². The summed E-state index contributed by atoms with van der Waals surface area (Å²) in [5, 5.41) is 9.45. The zero-order valence-corrected chi connectivity index (χ0v) is 33.7. The average Bonchev–Trinajstić information content (AvgIpc) is 3.17. The summed E-state index contributed by atoms with van der Waals surface area (Å²) in [7, 11) is -19.5. The van der Waals surface area contributed by atoms with Gasteiger partial charge in [0, 0.05) is 10.8 Å². The Balaban J connectivity index is 0.00000353. The van der Waals surface area contributed by atoms with Gasteiger partial charge in [-0.1, -0.05) is 18.2 Å². The molecular formula is C22H17N4Na3O13S4. The van der Waals surface area contributed by atoms with E-state index in [1.165, 1.54) is 19.1 Å². The molecule has 0 aliphatic rings. The van der Waals surface area contributed by atoms with Crippen molar-refractivity contribution in [3.63, 3.8) is 0 Å². The van der Waals surface area contributed by atoms with E-state index < -0.39 is 79.3 Å². The molecule has 0 bridgehead atoms. The van der Waals surface area contributed by atoms with Crippen molar-refractivity contribution < 1.29 is 140 Å². The number of hydrogen-bond donors (Lipinski definition) is 1. The summed E-state index contributed by atoms with van der Waals surface area (Å²) in [4.78, 5) is 11.1. The molecule has 0 saturated carbocycles. The van der Waals surface area contributed by atoms with Gasteiger partial charge in [-0.25, -0.2) is 38.4 Å². The van der Waals surface area contributed by atoms with E-state index in [0.717, 1.165) is 47.1 Å². The summed E-state index contributed by atoms with van der Waals surface area (Å²) < 4.78 is 132. The fourth-order valence-corrected chi connectivity index (χ4v) is 6.94. The molecule has 0 spiro atoms. The van der Waals surface area contributed by atoms with Crippen LogP contribution in [0.1, 0.15) is 5.69 Å². The number of aromatic nitrogens is 2. The Bertz CT molecular complexity index is 2290. The second kappa shape index (κ2) is 16.3. The number of aromatic amines is 1. The van der Waals surface area contributed by atoms with Gasteiger partial charge in [0.2, 0.25) is 10.4 Å². The number of rotatable bonds is 10. The van der Waals surface area contributed by atoms with Crippen LogP contribution in [0, 0.1) is 6.92 Å². The summed E-state index contributed by atoms with van der Waals surface area (Å²) in [5.41, 5.74) is -1.46. The molecule has 0 unspecified atom stereocenters. The Morgan fingerprint density at radius 3 is 1.93 bits per heavy atom. The van der Waals surface area contributed by atoms with E-state index in [9.17, 15) is 52.1 Å². The van der Waals surface area contributed by atoms with Crippen molar-refractivity contribution in [3.05, 3.63) is 70.6 Å². The van der Waals surface area contributed by atoms with E-state index in [0.29, 0.717) is 0 Å². The van der Waals surface area contributed by atoms with Crippen LogP contribution in [0.3, 0.4) is 0 Å². The number of sulfone groups is 1. The Hall–Kier alpha value is -0.830. The van der Waals surface area contributed by atoms with E-state index in [2.05, 4.69) is 19.5 Å². The van der Waals surface area contributed by atoms with E-state index in [4.69, 9.17) is 0 Å². The van der Waals surface area contributed by atoms with E-state index >= 15 is 0 Å². The number of H-pyrrole nitrogens is 1. The fraction of sp³-hybridized carbons (Fsp3) is 0.136. The Labute approximate surface area is 329 Å². The van der Waals surface area contributed by atoms with E-state index in [1.54, 1.807) is 0 Å². The third-order valence-electron chi connectivity index (χ3n) is 5.80. The average molecular weight is 743 g/mol. The van der Waals surface area contributed by atoms with Gasteiger partial charge >= 0.3 is 88.7 Å². The van der Waals surface area contributed by atoms with Crippen LogP contribution < -0.4 is 94.2 Å². The minimum atomic E-state index is -5.31. The van der Waals surface area contributed by atoms with Crippen molar-refractivity contribution in [2.24, 2.45) is 10.2 Å². The molecule has 0 aliphatic carbocycles. The number of aryl methyl sites for hydroxylation is 1. The molecule has 0 fully saturated rings. The van der Waals surface area contributed by atoms with Crippen LogP contribution in [0.5, 0.6) is 0 Å². The Kier molecular flexibility index (Phi) is 15.3. The standard InChI is InChI=1S/C22H20N4O13S4.3Na/c1-13-20(22(27)26(25-13)14-5-7-15(8-6-14)40(28,29)12-11-39-43(36,37)38)24-23-18-10-9-16-17(21(18)42(33,34)35)3-2-4-19(16)41(30,31)32;;;/h2-10,25H,11-12H2,1H3,(H,30,31,32)(H,33,34,35)(H,36,37,38);;;/q;3*+1/p-3. The summed E-state index contributed by atoms with van der Waals surface area (Å²) in [6, 6.07) is 9.79. The zero-order chi connectivity index (χ0) is 32.0.